The fourth-order valence-corrected chi connectivity index (χ4v) is 6.99. The van der Waals surface area contributed by atoms with Crippen LogP contribution in [0.25, 0.3) is 0 Å². The number of rotatable bonds is 4. The number of aryl methyl sites for hydroxylation is 1. The number of nitrogens with one attached hydrogen (secondary N) is 3. The molecule has 2 aromatic rings. The summed E-state index contributed by atoms with van der Waals surface area (Å²) in [6, 6.07) is 9.26. The highest BCUT2D eigenvalue weighted by Gasteiger charge is 2.66. The topological polar surface area (TPSA) is 90.5 Å². The van der Waals surface area contributed by atoms with Crippen molar-refractivity contribution in [2.45, 2.75) is 95.4 Å². The molecule has 204 valence electrons. The Morgan fingerprint density at radius 2 is 1.89 bits per heavy atom. The summed E-state index contributed by atoms with van der Waals surface area (Å²) in [5, 5.41) is 19.6. The van der Waals surface area contributed by atoms with Crippen molar-refractivity contribution in [3.05, 3.63) is 63.9 Å². The minimum Gasteiger partial charge on any atom is -0.393 e. The fourth-order valence-electron chi connectivity index (χ4n) is 6.81. The third-order valence-electron chi connectivity index (χ3n) is 8.46. The summed E-state index contributed by atoms with van der Waals surface area (Å²) >= 11 is 6.26. The molecule has 0 bridgehead atoms. The van der Waals surface area contributed by atoms with E-state index in [1.165, 1.54) is 6.07 Å². The number of carbonyl (C=O) groups excluding carboxylic acids is 2. The second-order valence-electron chi connectivity index (χ2n) is 12.5. The maximum absolute atomic E-state index is 15.8. The Hall–Kier alpha value is -2.48. The molecule has 1 saturated heterocycles. The Morgan fingerprint density at radius 3 is 2.58 bits per heavy atom. The van der Waals surface area contributed by atoms with Gasteiger partial charge in [0.1, 0.15) is 11.2 Å². The first kappa shape index (κ1) is 27.1. The quantitative estimate of drug-likeness (QED) is 0.440. The standard InChI is InChI=1S/C30H37ClFN3O3/c1-16-8-13-20-22(14-16)34-28(38)30(20)23(15-29(2,3)4)35-26(24(30)19-6-5-7-21(31)25(19)32)27(37)33-17-9-11-18(36)12-10-17/h5-8,13-14,17-18,23-24,26,35-36H,9-12,15H2,1-4H3,(H,33,37)(H,34,38)/t17?,18?,23-,24-,26+,30+/m1/s1. The molecular weight excluding hydrogens is 505 g/mol. The second kappa shape index (κ2) is 9.92. The number of hydrogen-bond donors (Lipinski definition) is 4. The van der Waals surface area contributed by atoms with Crippen LogP contribution in [0.1, 0.15) is 75.5 Å². The SMILES string of the molecule is Cc1ccc2c(c1)NC(=O)[C@@]21[C@H](c2cccc(Cl)c2F)[C@@H](C(=O)NC2CCC(O)CC2)N[C@@H]1CC(C)(C)C. The van der Waals surface area contributed by atoms with E-state index in [-0.39, 0.29) is 40.0 Å². The minimum atomic E-state index is -1.22. The van der Waals surface area contributed by atoms with Gasteiger partial charge >= 0.3 is 0 Å². The van der Waals surface area contributed by atoms with E-state index in [0.717, 1.165) is 11.1 Å². The number of amides is 2. The first-order valence-corrected chi connectivity index (χ1v) is 13.9. The van der Waals surface area contributed by atoms with Crippen LogP contribution in [0.15, 0.2) is 36.4 Å². The molecule has 5 rings (SSSR count). The number of benzene rings is 2. The second-order valence-corrected chi connectivity index (χ2v) is 12.9. The molecule has 2 aliphatic heterocycles. The number of halogens is 2. The van der Waals surface area contributed by atoms with Crippen molar-refractivity contribution in [2.24, 2.45) is 5.41 Å². The highest BCUT2D eigenvalue weighted by molar-refractivity contribution is 6.30. The molecule has 3 aliphatic rings. The van der Waals surface area contributed by atoms with Gasteiger partial charge < -0.3 is 21.1 Å². The van der Waals surface area contributed by atoms with Crippen molar-refractivity contribution in [1.29, 1.82) is 0 Å². The van der Waals surface area contributed by atoms with Crippen LogP contribution < -0.4 is 16.0 Å². The van der Waals surface area contributed by atoms with E-state index in [1.54, 1.807) is 12.1 Å². The zero-order valence-corrected chi connectivity index (χ0v) is 23.2. The Morgan fingerprint density at radius 1 is 1.18 bits per heavy atom. The van der Waals surface area contributed by atoms with Crippen LogP contribution >= 0.6 is 11.6 Å². The molecule has 2 fully saturated rings. The molecule has 2 aromatic carbocycles. The van der Waals surface area contributed by atoms with Crippen LogP contribution in [0.2, 0.25) is 5.02 Å². The molecule has 1 spiro atoms. The molecule has 0 aromatic heterocycles. The third-order valence-corrected chi connectivity index (χ3v) is 8.75. The fraction of sp³-hybridized carbons (Fsp3) is 0.533. The van der Waals surface area contributed by atoms with Crippen LogP contribution in [-0.4, -0.2) is 41.2 Å². The Bertz CT molecular complexity index is 1250. The van der Waals surface area contributed by atoms with Crippen LogP contribution in [0.4, 0.5) is 10.1 Å². The molecule has 0 radical (unpaired) electrons. The minimum absolute atomic E-state index is 0.0418. The van der Waals surface area contributed by atoms with Gasteiger partial charge in [-0.1, -0.05) is 56.6 Å². The number of fused-ring (bicyclic) bond motifs is 2. The van der Waals surface area contributed by atoms with Gasteiger partial charge in [0.25, 0.3) is 0 Å². The van der Waals surface area contributed by atoms with Gasteiger partial charge in [-0.15, -0.1) is 0 Å². The summed E-state index contributed by atoms with van der Waals surface area (Å²) in [6.07, 6.45) is 2.85. The highest BCUT2D eigenvalue weighted by Crippen LogP contribution is 2.57. The van der Waals surface area contributed by atoms with Crippen LogP contribution in [0.3, 0.4) is 0 Å². The maximum Gasteiger partial charge on any atom is 0.238 e. The summed E-state index contributed by atoms with van der Waals surface area (Å²) in [4.78, 5) is 28.1. The average Bonchev–Trinajstić information content (AvgIpc) is 3.31. The predicted molar refractivity (Wildman–Crippen MR) is 147 cm³/mol. The molecule has 1 saturated carbocycles. The van der Waals surface area contributed by atoms with Gasteiger partial charge in [0.05, 0.1) is 17.2 Å². The molecule has 2 heterocycles. The Labute approximate surface area is 228 Å². The van der Waals surface area contributed by atoms with Gasteiger partial charge in [0.2, 0.25) is 11.8 Å². The van der Waals surface area contributed by atoms with Crippen molar-refractivity contribution in [2.75, 3.05) is 5.32 Å². The lowest BCUT2D eigenvalue weighted by Crippen LogP contribution is -2.50. The lowest BCUT2D eigenvalue weighted by molar-refractivity contribution is -0.124. The predicted octanol–water partition coefficient (Wildman–Crippen LogP) is 4.96. The molecule has 4 atom stereocenters. The summed E-state index contributed by atoms with van der Waals surface area (Å²) in [7, 11) is 0. The molecule has 4 N–H and O–H groups in total. The molecule has 8 heteroatoms. The van der Waals surface area contributed by atoms with Crippen molar-refractivity contribution in [3.8, 4) is 0 Å². The van der Waals surface area contributed by atoms with Gasteiger partial charge in [0, 0.05) is 23.7 Å². The summed E-state index contributed by atoms with van der Waals surface area (Å²) in [6.45, 7) is 8.26. The van der Waals surface area contributed by atoms with Crippen LogP contribution in [0, 0.1) is 18.2 Å². The van der Waals surface area contributed by atoms with Crippen molar-refractivity contribution < 1.29 is 19.1 Å². The molecule has 2 amide bonds. The third kappa shape index (κ3) is 4.63. The lowest BCUT2D eigenvalue weighted by atomic mass is 9.62. The van der Waals surface area contributed by atoms with Gasteiger partial charge in [-0.2, -0.15) is 0 Å². The maximum atomic E-state index is 15.8. The largest absolute Gasteiger partial charge is 0.393 e. The summed E-state index contributed by atoms with van der Waals surface area (Å²) < 4.78 is 15.8. The van der Waals surface area contributed by atoms with Crippen LogP contribution in [0.5, 0.6) is 0 Å². The molecular formula is C30H37ClFN3O3. The summed E-state index contributed by atoms with van der Waals surface area (Å²) in [5.41, 5.74) is 1.33. The average molecular weight is 542 g/mol. The molecule has 0 unspecified atom stereocenters. The van der Waals surface area contributed by atoms with Crippen molar-refractivity contribution in [3.63, 3.8) is 0 Å². The van der Waals surface area contributed by atoms with E-state index in [2.05, 4.69) is 36.7 Å². The van der Waals surface area contributed by atoms with E-state index in [1.807, 2.05) is 25.1 Å². The Balaban J connectivity index is 1.67. The molecule has 1 aliphatic carbocycles. The highest BCUT2D eigenvalue weighted by atomic mass is 35.5. The van der Waals surface area contributed by atoms with Gasteiger partial charge in [-0.25, -0.2) is 4.39 Å². The Kier molecular flexibility index (Phi) is 7.08. The number of anilines is 1. The normalized spacial score (nSPS) is 30.8. The van der Waals surface area contributed by atoms with Crippen molar-refractivity contribution in [1.82, 2.24) is 10.6 Å². The van der Waals surface area contributed by atoms with Crippen molar-refractivity contribution >= 4 is 29.1 Å². The van der Waals surface area contributed by atoms with E-state index in [4.69, 9.17) is 11.6 Å². The monoisotopic (exact) mass is 541 g/mol. The van der Waals surface area contributed by atoms with Gasteiger partial charge in [0.15, 0.2) is 0 Å². The van der Waals surface area contributed by atoms with Gasteiger partial charge in [-0.05, 0) is 73.3 Å². The number of aliphatic hydroxyl groups is 1. The van der Waals surface area contributed by atoms with Gasteiger partial charge in [-0.3, -0.25) is 9.59 Å². The van der Waals surface area contributed by atoms with E-state index >= 15 is 4.39 Å². The lowest BCUT2D eigenvalue weighted by Gasteiger charge is -2.38. The zero-order valence-electron chi connectivity index (χ0n) is 22.4. The smallest absolute Gasteiger partial charge is 0.238 e. The summed E-state index contributed by atoms with van der Waals surface area (Å²) in [5.74, 6) is -1.93. The zero-order chi connectivity index (χ0) is 27.4. The number of hydrogen-bond acceptors (Lipinski definition) is 4. The number of carbonyl (C=O) groups is 2. The number of aliphatic hydroxyl groups excluding tert-OH is 1. The van der Waals surface area contributed by atoms with E-state index in [0.29, 0.717) is 37.8 Å². The van der Waals surface area contributed by atoms with Crippen LogP contribution in [-0.2, 0) is 15.0 Å². The molecule has 6 nitrogen and oxygen atoms in total. The van der Waals surface area contributed by atoms with E-state index < -0.39 is 29.2 Å². The first-order valence-electron chi connectivity index (χ1n) is 13.5. The van der Waals surface area contributed by atoms with E-state index in [9.17, 15) is 14.7 Å². The first-order chi connectivity index (χ1) is 17.9. The molecule has 38 heavy (non-hydrogen) atoms.